The van der Waals surface area contributed by atoms with E-state index in [-0.39, 0.29) is 19.1 Å². The molecule has 8 heteroatoms. The van der Waals surface area contributed by atoms with Gasteiger partial charge in [0, 0.05) is 5.02 Å². The van der Waals surface area contributed by atoms with Crippen LogP contribution in [0.15, 0.2) is 65.8 Å². The van der Waals surface area contributed by atoms with Crippen LogP contribution < -0.4 is 24.4 Å². The number of hydrogen-bond donors (Lipinski definition) is 1. The van der Waals surface area contributed by atoms with Crippen molar-refractivity contribution in [1.82, 2.24) is 5.43 Å². The van der Waals surface area contributed by atoms with Crippen LogP contribution in [0.5, 0.6) is 23.0 Å². The molecule has 7 nitrogen and oxygen atoms in total. The van der Waals surface area contributed by atoms with Crippen LogP contribution in [0.2, 0.25) is 5.02 Å². The predicted molar refractivity (Wildman–Crippen MR) is 121 cm³/mol. The van der Waals surface area contributed by atoms with Gasteiger partial charge in [0.2, 0.25) is 12.7 Å². The summed E-state index contributed by atoms with van der Waals surface area (Å²) in [6.45, 7) is 0.584. The number of hydrazone groups is 1. The number of halogens is 1. The van der Waals surface area contributed by atoms with Gasteiger partial charge >= 0.3 is 0 Å². The largest absolute Gasteiger partial charge is 0.493 e. The lowest BCUT2D eigenvalue weighted by Crippen LogP contribution is -2.19. The average molecular weight is 453 g/mol. The highest BCUT2D eigenvalue weighted by molar-refractivity contribution is 6.30. The van der Waals surface area contributed by atoms with E-state index in [9.17, 15) is 4.79 Å². The van der Waals surface area contributed by atoms with Crippen LogP contribution in [0.25, 0.3) is 0 Å². The molecule has 1 aliphatic heterocycles. The van der Waals surface area contributed by atoms with Crippen LogP contribution in [-0.4, -0.2) is 26.0 Å². The number of nitrogens with zero attached hydrogens (tertiary/aromatic N) is 1. The topological polar surface area (TPSA) is 78.4 Å². The number of hydrogen-bond acceptors (Lipinski definition) is 6. The van der Waals surface area contributed by atoms with Crippen molar-refractivity contribution in [1.29, 1.82) is 0 Å². The number of carbonyl (C=O) groups excluding carboxylic acids is 1. The first kappa shape index (κ1) is 21.5. The summed E-state index contributed by atoms with van der Waals surface area (Å²) in [7, 11) is 1.57. The Kier molecular flexibility index (Phi) is 6.77. The van der Waals surface area contributed by atoms with Crippen molar-refractivity contribution in [2.24, 2.45) is 5.10 Å². The minimum atomic E-state index is -0.241. The summed E-state index contributed by atoms with van der Waals surface area (Å²) in [4.78, 5) is 12.2. The Labute approximate surface area is 190 Å². The van der Waals surface area contributed by atoms with Crippen LogP contribution in [0, 0.1) is 0 Å². The molecule has 0 radical (unpaired) electrons. The van der Waals surface area contributed by atoms with Gasteiger partial charge in [-0.25, -0.2) is 5.43 Å². The Balaban J connectivity index is 1.32. The predicted octanol–water partition coefficient (Wildman–Crippen LogP) is 4.35. The molecule has 0 unspecified atom stereocenters. The second-order valence-electron chi connectivity index (χ2n) is 6.98. The van der Waals surface area contributed by atoms with E-state index in [0.29, 0.717) is 34.6 Å². The summed E-state index contributed by atoms with van der Waals surface area (Å²) in [6, 6.07) is 18.3. The van der Waals surface area contributed by atoms with E-state index in [0.717, 1.165) is 16.7 Å². The normalized spacial score (nSPS) is 12.1. The van der Waals surface area contributed by atoms with Gasteiger partial charge in [-0.3, -0.25) is 4.79 Å². The van der Waals surface area contributed by atoms with Crippen molar-refractivity contribution in [3.05, 3.63) is 82.4 Å². The maximum absolute atomic E-state index is 12.2. The summed E-state index contributed by atoms with van der Waals surface area (Å²) in [6.07, 6.45) is 1.72. The summed E-state index contributed by atoms with van der Waals surface area (Å²) in [5.74, 6) is 2.25. The van der Waals surface area contributed by atoms with E-state index in [1.807, 2.05) is 36.4 Å². The SMILES string of the molecule is COc1cc(/C=N\NC(=O)Cc2ccc3c(c2)OCO3)ccc1OCc1ccc(Cl)cc1. The summed E-state index contributed by atoms with van der Waals surface area (Å²) < 4.78 is 21.9. The van der Waals surface area contributed by atoms with Crippen LogP contribution in [0.1, 0.15) is 16.7 Å². The zero-order valence-electron chi connectivity index (χ0n) is 17.3. The van der Waals surface area contributed by atoms with Gasteiger partial charge < -0.3 is 18.9 Å². The van der Waals surface area contributed by atoms with E-state index < -0.39 is 0 Å². The zero-order valence-corrected chi connectivity index (χ0v) is 18.1. The van der Waals surface area contributed by atoms with E-state index in [4.69, 9.17) is 30.5 Å². The lowest BCUT2D eigenvalue weighted by atomic mass is 10.1. The molecule has 4 rings (SSSR count). The van der Waals surface area contributed by atoms with Gasteiger partial charge in [0.1, 0.15) is 6.61 Å². The maximum atomic E-state index is 12.2. The van der Waals surface area contributed by atoms with Crippen molar-refractivity contribution in [3.8, 4) is 23.0 Å². The van der Waals surface area contributed by atoms with E-state index in [2.05, 4.69) is 10.5 Å². The summed E-state index contributed by atoms with van der Waals surface area (Å²) in [5.41, 5.74) is 5.08. The van der Waals surface area contributed by atoms with Gasteiger partial charge in [0.05, 0.1) is 19.7 Å². The van der Waals surface area contributed by atoms with Crippen LogP contribution in [-0.2, 0) is 17.8 Å². The molecule has 1 aliphatic rings. The van der Waals surface area contributed by atoms with Crippen molar-refractivity contribution in [2.45, 2.75) is 13.0 Å². The quantitative estimate of drug-likeness (QED) is 0.406. The minimum absolute atomic E-state index is 0.175. The van der Waals surface area contributed by atoms with Crippen molar-refractivity contribution < 1.29 is 23.7 Å². The molecular formula is C24H21ClN2O5. The molecule has 0 atom stereocenters. The average Bonchev–Trinajstić information content (AvgIpc) is 3.27. The van der Waals surface area contributed by atoms with Gasteiger partial charge in [-0.05, 0) is 59.2 Å². The molecule has 0 bridgehead atoms. The molecule has 0 aromatic heterocycles. The number of benzene rings is 3. The third-order valence-electron chi connectivity index (χ3n) is 4.70. The van der Waals surface area contributed by atoms with Crippen molar-refractivity contribution in [3.63, 3.8) is 0 Å². The maximum Gasteiger partial charge on any atom is 0.244 e. The van der Waals surface area contributed by atoms with Crippen LogP contribution >= 0.6 is 11.6 Å². The molecule has 1 heterocycles. The van der Waals surface area contributed by atoms with Gasteiger partial charge in [-0.15, -0.1) is 0 Å². The Bertz CT molecular complexity index is 1130. The van der Waals surface area contributed by atoms with Gasteiger partial charge in [-0.1, -0.05) is 29.8 Å². The Morgan fingerprint density at radius 3 is 2.62 bits per heavy atom. The Morgan fingerprint density at radius 2 is 1.81 bits per heavy atom. The second-order valence-corrected chi connectivity index (χ2v) is 7.42. The molecule has 0 saturated carbocycles. The first-order valence-corrected chi connectivity index (χ1v) is 10.2. The van der Waals surface area contributed by atoms with Crippen LogP contribution in [0.3, 0.4) is 0 Å². The van der Waals surface area contributed by atoms with Gasteiger partial charge in [-0.2, -0.15) is 5.10 Å². The number of carbonyl (C=O) groups is 1. The number of rotatable bonds is 8. The van der Waals surface area contributed by atoms with Crippen LogP contribution in [0.4, 0.5) is 0 Å². The molecule has 3 aromatic carbocycles. The molecule has 32 heavy (non-hydrogen) atoms. The lowest BCUT2D eigenvalue weighted by molar-refractivity contribution is -0.120. The standard InChI is InChI=1S/C24H21ClN2O5/c1-29-22-11-18(5-9-20(22)30-14-16-2-6-19(25)7-3-16)13-26-27-24(28)12-17-4-8-21-23(10-17)32-15-31-21/h2-11,13H,12,14-15H2,1H3,(H,27,28)/b26-13-. The molecule has 1 N–H and O–H groups in total. The highest BCUT2D eigenvalue weighted by atomic mass is 35.5. The molecule has 0 aliphatic carbocycles. The molecule has 164 valence electrons. The number of fused-ring (bicyclic) bond motifs is 1. The smallest absolute Gasteiger partial charge is 0.244 e. The Morgan fingerprint density at radius 1 is 1.03 bits per heavy atom. The number of amides is 1. The first-order chi connectivity index (χ1) is 15.6. The zero-order chi connectivity index (χ0) is 22.3. The summed E-state index contributed by atoms with van der Waals surface area (Å²) in [5, 5.41) is 4.71. The third-order valence-corrected chi connectivity index (χ3v) is 4.95. The number of methoxy groups -OCH3 is 1. The lowest BCUT2D eigenvalue weighted by Gasteiger charge is -2.11. The van der Waals surface area contributed by atoms with E-state index >= 15 is 0 Å². The monoisotopic (exact) mass is 452 g/mol. The third kappa shape index (κ3) is 5.50. The fourth-order valence-electron chi connectivity index (χ4n) is 3.08. The van der Waals surface area contributed by atoms with Crippen molar-refractivity contribution >= 4 is 23.7 Å². The van der Waals surface area contributed by atoms with Crippen molar-refractivity contribution in [2.75, 3.05) is 13.9 Å². The first-order valence-electron chi connectivity index (χ1n) is 9.86. The molecule has 0 fully saturated rings. The molecule has 3 aromatic rings. The molecular weight excluding hydrogens is 432 g/mol. The van der Waals surface area contributed by atoms with E-state index in [1.54, 1.807) is 37.6 Å². The summed E-state index contributed by atoms with van der Waals surface area (Å²) >= 11 is 5.91. The minimum Gasteiger partial charge on any atom is -0.493 e. The molecule has 1 amide bonds. The fraction of sp³-hybridized carbons (Fsp3) is 0.167. The van der Waals surface area contributed by atoms with Gasteiger partial charge in [0.15, 0.2) is 23.0 Å². The van der Waals surface area contributed by atoms with Gasteiger partial charge in [0.25, 0.3) is 0 Å². The highest BCUT2D eigenvalue weighted by Crippen LogP contribution is 2.32. The number of ether oxygens (including phenoxy) is 4. The van der Waals surface area contributed by atoms with E-state index in [1.165, 1.54) is 0 Å². The number of nitrogens with one attached hydrogen (secondary N) is 1. The molecule has 0 spiro atoms. The second kappa shape index (κ2) is 10.1. The fourth-order valence-corrected chi connectivity index (χ4v) is 3.21. The highest BCUT2D eigenvalue weighted by Gasteiger charge is 2.14. The Hall–Kier alpha value is -3.71. The molecule has 0 saturated heterocycles.